The second-order valence-electron chi connectivity index (χ2n) is 8.55. The molecular formula is C28H31N3O4. The number of aromatic nitrogens is 1. The average Bonchev–Trinajstić information content (AvgIpc) is 2.90. The molecule has 1 aromatic heterocycles. The van der Waals surface area contributed by atoms with Crippen LogP contribution in [0.3, 0.4) is 0 Å². The summed E-state index contributed by atoms with van der Waals surface area (Å²) < 4.78 is 6.24. The number of aliphatic hydroxyl groups excluding tert-OH is 1. The van der Waals surface area contributed by atoms with Gasteiger partial charge in [-0.15, -0.1) is 0 Å². The lowest BCUT2D eigenvalue weighted by atomic mass is 10.1. The van der Waals surface area contributed by atoms with Crippen molar-refractivity contribution in [2.24, 2.45) is 0 Å². The zero-order chi connectivity index (χ0) is 24.5. The maximum atomic E-state index is 12.8. The summed E-state index contributed by atoms with van der Waals surface area (Å²) in [5.41, 5.74) is 3.95. The fourth-order valence-electron chi connectivity index (χ4n) is 4.13. The maximum Gasteiger partial charge on any atom is 0.270 e. The Morgan fingerprint density at radius 1 is 0.914 bits per heavy atom. The first-order valence-corrected chi connectivity index (χ1v) is 12.0. The van der Waals surface area contributed by atoms with E-state index in [1.165, 1.54) is 0 Å². The normalized spacial score (nSPS) is 12.1. The molecule has 0 aliphatic rings. The van der Waals surface area contributed by atoms with Gasteiger partial charge in [-0.2, -0.15) is 5.48 Å². The number of amides is 1. The van der Waals surface area contributed by atoms with Crippen LogP contribution in [0.25, 0.3) is 21.7 Å². The number of aliphatic hydroxyl groups is 1. The molecule has 0 fully saturated rings. The van der Waals surface area contributed by atoms with Gasteiger partial charge in [0.2, 0.25) is 0 Å². The molecule has 4 aromatic rings. The van der Waals surface area contributed by atoms with E-state index < -0.39 is 6.23 Å². The molecule has 1 amide bonds. The molecule has 1 atom stereocenters. The van der Waals surface area contributed by atoms with Gasteiger partial charge in [0.15, 0.2) is 0 Å². The molecule has 0 radical (unpaired) electrons. The number of benzene rings is 3. The minimum atomic E-state index is -0.884. The van der Waals surface area contributed by atoms with Crippen molar-refractivity contribution in [1.82, 2.24) is 15.8 Å². The molecule has 0 spiro atoms. The predicted molar refractivity (Wildman–Crippen MR) is 136 cm³/mol. The molecule has 4 N–H and O–H groups in total. The minimum absolute atomic E-state index is 0.231. The van der Waals surface area contributed by atoms with Crippen molar-refractivity contribution in [1.29, 1.82) is 0 Å². The molecule has 0 aliphatic heterocycles. The van der Waals surface area contributed by atoms with Gasteiger partial charge in [0, 0.05) is 18.0 Å². The Kier molecular flexibility index (Phi) is 8.62. The van der Waals surface area contributed by atoms with Crippen LogP contribution in [-0.2, 0) is 6.61 Å². The number of carbonyl (C=O) groups excluding carboxylic acids is 1. The van der Waals surface area contributed by atoms with Gasteiger partial charge >= 0.3 is 0 Å². The Bertz CT molecular complexity index is 1270. The number of pyridine rings is 1. The van der Waals surface area contributed by atoms with E-state index in [-0.39, 0.29) is 5.91 Å². The third kappa shape index (κ3) is 6.54. The quantitative estimate of drug-likeness (QED) is 0.132. The molecule has 0 aliphatic carbocycles. The molecule has 7 heteroatoms. The van der Waals surface area contributed by atoms with Crippen LogP contribution in [0.2, 0.25) is 0 Å². The van der Waals surface area contributed by atoms with Crippen LogP contribution < -0.4 is 15.5 Å². The smallest absolute Gasteiger partial charge is 0.270 e. The van der Waals surface area contributed by atoms with Gasteiger partial charge in [-0.05, 0) is 47.7 Å². The third-order valence-electron chi connectivity index (χ3n) is 6.01. The SMILES string of the molecule is O=C(NCCCCCCC(O)NO)c1cc(OCc2cccc3ccccc23)c2ccccc2n1. The fourth-order valence-corrected chi connectivity index (χ4v) is 4.13. The zero-order valence-corrected chi connectivity index (χ0v) is 19.6. The van der Waals surface area contributed by atoms with E-state index in [1.807, 2.05) is 47.9 Å². The Balaban J connectivity index is 1.40. The van der Waals surface area contributed by atoms with Crippen LogP contribution in [-0.4, -0.2) is 34.0 Å². The van der Waals surface area contributed by atoms with E-state index in [9.17, 15) is 9.90 Å². The zero-order valence-electron chi connectivity index (χ0n) is 19.6. The number of carbonyl (C=O) groups is 1. The average molecular weight is 474 g/mol. The molecule has 1 unspecified atom stereocenters. The largest absolute Gasteiger partial charge is 0.488 e. The predicted octanol–water partition coefficient (Wildman–Crippen LogP) is 4.94. The van der Waals surface area contributed by atoms with Gasteiger partial charge in [0.25, 0.3) is 5.91 Å². The second-order valence-corrected chi connectivity index (χ2v) is 8.55. The molecular weight excluding hydrogens is 442 g/mol. The molecule has 3 aromatic carbocycles. The Labute approximate surface area is 204 Å². The third-order valence-corrected chi connectivity index (χ3v) is 6.01. The van der Waals surface area contributed by atoms with Crippen molar-refractivity contribution in [2.75, 3.05) is 6.54 Å². The molecule has 7 nitrogen and oxygen atoms in total. The van der Waals surface area contributed by atoms with Crippen LogP contribution in [0.1, 0.15) is 48.2 Å². The Morgan fingerprint density at radius 3 is 2.51 bits per heavy atom. The number of rotatable bonds is 12. The van der Waals surface area contributed by atoms with Crippen LogP contribution in [0.4, 0.5) is 0 Å². The molecule has 182 valence electrons. The molecule has 35 heavy (non-hydrogen) atoms. The van der Waals surface area contributed by atoms with Gasteiger partial charge in [0.1, 0.15) is 24.3 Å². The van der Waals surface area contributed by atoms with Gasteiger partial charge in [-0.3, -0.25) is 4.79 Å². The summed E-state index contributed by atoms with van der Waals surface area (Å²) in [7, 11) is 0. The Hall–Kier alpha value is -3.52. The summed E-state index contributed by atoms with van der Waals surface area (Å²) in [6.45, 7) is 0.928. The topological polar surface area (TPSA) is 104 Å². The van der Waals surface area contributed by atoms with Crippen molar-refractivity contribution in [3.05, 3.63) is 84.1 Å². The van der Waals surface area contributed by atoms with Crippen molar-refractivity contribution >= 4 is 27.6 Å². The van der Waals surface area contributed by atoms with Crippen LogP contribution >= 0.6 is 0 Å². The lowest BCUT2D eigenvalue weighted by Gasteiger charge is -2.13. The first-order chi connectivity index (χ1) is 17.2. The van der Waals surface area contributed by atoms with E-state index in [2.05, 4.69) is 34.6 Å². The number of nitrogens with zero attached hydrogens (tertiary/aromatic N) is 1. The number of hydrogen-bond donors (Lipinski definition) is 4. The number of nitrogens with one attached hydrogen (secondary N) is 2. The van der Waals surface area contributed by atoms with Crippen molar-refractivity contribution < 1.29 is 19.8 Å². The van der Waals surface area contributed by atoms with E-state index >= 15 is 0 Å². The lowest BCUT2D eigenvalue weighted by molar-refractivity contribution is -0.00393. The number of unbranched alkanes of at least 4 members (excludes halogenated alkanes) is 3. The molecule has 0 saturated heterocycles. The maximum absolute atomic E-state index is 12.8. The van der Waals surface area contributed by atoms with Crippen molar-refractivity contribution in [3.63, 3.8) is 0 Å². The van der Waals surface area contributed by atoms with Gasteiger partial charge in [0.05, 0.1) is 5.52 Å². The first-order valence-electron chi connectivity index (χ1n) is 12.0. The molecule has 4 rings (SSSR count). The first kappa shape index (κ1) is 24.6. The van der Waals surface area contributed by atoms with E-state index in [1.54, 1.807) is 6.07 Å². The standard InChI is InChI=1S/C28H31N3O4/c32-27(31-34)16-3-1-2-8-17-29-28(33)25-18-26(23-14-6-7-15-24(23)30-25)35-19-21-12-9-11-20-10-4-5-13-22(20)21/h4-7,9-15,18,27,31-32,34H,1-3,8,16-17,19H2,(H,29,33). The van der Waals surface area contributed by atoms with Crippen molar-refractivity contribution in [3.8, 4) is 5.75 Å². The highest BCUT2D eigenvalue weighted by Crippen LogP contribution is 2.27. The van der Waals surface area contributed by atoms with E-state index in [0.29, 0.717) is 36.5 Å². The minimum Gasteiger partial charge on any atom is -0.488 e. The summed E-state index contributed by atoms with van der Waals surface area (Å²) in [5, 5.41) is 24.0. The van der Waals surface area contributed by atoms with Gasteiger partial charge < -0.3 is 20.4 Å². The van der Waals surface area contributed by atoms with Gasteiger partial charge in [-0.25, -0.2) is 4.98 Å². The van der Waals surface area contributed by atoms with Crippen LogP contribution in [0, 0.1) is 0 Å². The lowest BCUT2D eigenvalue weighted by Crippen LogP contribution is -2.25. The number of ether oxygens (including phenoxy) is 1. The highest BCUT2D eigenvalue weighted by atomic mass is 16.5. The summed E-state index contributed by atoms with van der Waals surface area (Å²) in [4.78, 5) is 17.4. The van der Waals surface area contributed by atoms with Crippen molar-refractivity contribution in [2.45, 2.75) is 44.9 Å². The number of fused-ring (bicyclic) bond motifs is 2. The highest BCUT2D eigenvalue weighted by Gasteiger charge is 2.13. The number of hydrogen-bond acceptors (Lipinski definition) is 6. The number of hydroxylamine groups is 1. The summed E-state index contributed by atoms with van der Waals surface area (Å²) in [6.07, 6.45) is 3.06. The summed E-state index contributed by atoms with van der Waals surface area (Å²) >= 11 is 0. The highest BCUT2D eigenvalue weighted by molar-refractivity contribution is 5.97. The van der Waals surface area contributed by atoms with E-state index in [4.69, 9.17) is 9.94 Å². The van der Waals surface area contributed by atoms with E-state index in [0.717, 1.165) is 47.4 Å². The fraction of sp³-hybridized carbons (Fsp3) is 0.286. The molecule has 0 bridgehead atoms. The van der Waals surface area contributed by atoms with Crippen LogP contribution in [0.5, 0.6) is 5.75 Å². The number of para-hydroxylation sites is 1. The van der Waals surface area contributed by atoms with Gasteiger partial charge in [-0.1, -0.05) is 67.4 Å². The summed E-state index contributed by atoms with van der Waals surface area (Å²) in [5.74, 6) is 0.399. The second kappa shape index (κ2) is 12.3. The monoisotopic (exact) mass is 473 g/mol. The molecule has 0 saturated carbocycles. The Morgan fingerprint density at radius 2 is 1.66 bits per heavy atom. The summed E-state index contributed by atoms with van der Waals surface area (Å²) in [6, 6.07) is 23.7. The molecule has 1 heterocycles. The van der Waals surface area contributed by atoms with Crippen LogP contribution in [0.15, 0.2) is 72.8 Å².